The van der Waals surface area contributed by atoms with E-state index in [0.717, 1.165) is 48.9 Å². The molecule has 4 rings (SSSR count). The molecule has 2 aliphatic rings. The molecule has 0 amide bonds. The van der Waals surface area contributed by atoms with Crippen LogP contribution < -0.4 is 9.64 Å². The predicted octanol–water partition coefficient (Wildman–Crippen LogP) is 2.50. The number of hydrogen-bond acceptors (Lipinski definition) is 6. The third kappa shape index (κ3) is 2.95. The molecule has 2 fully saturated rings. The van der Waals surface area contributed by atoms with Crippen molar-refractivity contribution in [3.63, 3.8) is 0 Å². The number of anilines is 1. The molecule has 3 heterocycles. The molecule has 6 heteroatoms. The Kier molecular flexibility index (Phi) is 4.08. The molecule has 1 aromatic heterocycles. The summed E-state index contributed by atoms with van der Waals surface area (Å²) in [6.45, 7) is 3.16. The summed E-state index contributed by atoms with van der Waals surface area (Å²) >= 11 is 0. The van der Waals surface area contributed by atoms with E-state index in [0.29, 0.717) is 13.2 Å². The van der Waals surface area contributed by atoms with E-state index in [2.05, 4.69) is 9.88 Å². The first kappa shape index (κ1) is 15.4. The lowest BCUT2D eigenvalue weighted by molar-refractivity contribution is -0.169. The van der Waals surface area contributed by atoms with Gasteiger partial charge in [0.2, 0.25) is 0 Å². The molecule has 24 heavy (non-hydrogen) atoms. The lowest BCUT2D eigenvalue weighted by Gasteiger charge is -2.38. The molecule has 2 aliphatic heterocycles. The number of methoxy groups -OCH3 is 1. The normalized spacial score (nSPS) is 19.6. The van der Waals surface area contributed by atoms with Gasteiger partial charge in [-0.3, -0.25) is 0 Å². The maximum atomic E-state index is 5.79. The van der Waals surface area contributed by atoms with E-state index in [1.807, 2.05) is 36.5 Å². The fourth-order valence-electron chi connectivity index (χ4n) is 3.27. The Morgan fingerprint density at radius 3 is 2.42 bits per heavy atom. The largest absolute Gasteiger partial charge is 0.497 e. The first-order valence-electron chi connectivity index (χ1n) is 8.28. The van der Waals surface area contributed by atoms with Gasteiger partial charge in [0.05, 0.1) is 20.3 Å². The minimum Gasteiger partial charge on any atom is -0.497 e. The zero-order valence-corrected chi connectivity index (χ0v) is 13.8. The fraction of sp³-hybridized carbons (Fsp3) is 0.444. The molecule has 2 aromatic rings. The van der Waals surface area contributed by atoms with Crippen LogP contribution in [-0.4, -0.2) is 49.2 Å². The Morgan fingerprint density at radius 2 is 1.75 bits per heavy atom. The molecule has 1 aromatic carbocycles. The molecular formula is C18H21N3O3. The Balaban J connectivity index is 1.50. The maximum absolute atomic E-state index is 5.79. The van der Waals surface area contributed by atoms with Gasteiger partial charge in [-0.25, -0.2) is 9.97 Å². The smallest absolute Gasteiger partial charge is 0.171 e. The van der Waals surface area contributed by atoms with Crippen molar-refractivity contribution in [2.45, 2.75) is 18.6 Å². The van der Waals surface area contributed by atoms with Crippen LogP contribution in [0.5, 0.6) is 5.75 Å². The number of hydrogen-bond donors (Lipinski definition) is 0. The van der Waals surface area contributed by atoms with Crippen molar-refractivity contribution in [2.75, 3.05) is 38.3 Å². The molecule has 0 unspecified atom stereocenters. The lowest BCUT2D eigenvalue weighted by atomic mass is 10.0. The van der Waals surface area contributed by atoms with Crippen LogP contribution in [0.15, 0.2) is 36.5 Å². The molecular weight excluding hydrogens is 306 g/mol. The summed E-state index contributed by atoms with van der Waals surface area (Å²) in [6.07, 6.45) is 3.55. The van der Waals surface area contributed by atoms with E-state index in [9.17, 15) is 0 Å². The first-order chi connectivity index (χ1) is 11.8. The van der Waals surface area contributed by atoms with Crippen LogP contribution in [0.3, 0.4) is 0 Å². The van der Waals surface area contributed by atoms with Crippen molar-refractivity contribution in [3.05, 3.63) is 36.5 Å². The summed E-state index contributed by atoms with van der Waals surface area (Å²) in [4.78, 5) is 11.4. The Morgan fingerprint density at radius 1 is 1.04 bits per heavy atom. The van der Waals surface area contributed by atoms with Gasteiger partial charge in [0.15, 0.2) is 11.6 Å². The minimum atomic E-state index is -0.359. The average molecular weight is 327 g/mol. The van der Waals surface area contributed by atoms with Gasteiger partial charge in [0.1, 0.15) is 11.6 Å². The van der Waals surface area contributed by atoms with E-state index in [-0.39, 0.29) is 5.79 Å². The Hall–Kier alpha value is -2.18. The number of aromatic nitrogens is 2. The quantitative estimate of drug-likeness (QED) is 0.863. The van der Waals surface area contributed by atoms with Gasteiger partial charge in [0.25, 0.3) is 0 Å². The summed E-state index contributed by atoms with van der Waals surface area (Å²) in [6, 6.07) is 9.75. The minimum absolute atomic E-state index is 0.359. The van der Waals surface area contributed by atoms with E-state index in [1.165, 1.54) is 0 Å². The van der Waals surface area contributed by atoms with E-state index < -0.39 is 0 Å². The summed E-state index contributed by atoms with van der Waals surface area (Å²) in [5.41, 5.74) is 0.980. The zero-order chi connectivity index (χ0) is 16.4. The van der Waals surface area contributed by atoms with Crippen molar-refractivity contribution in [2.24, 2.45) is 0 Å². The molecule has 0 aliphatic carbocycles. The summed E-state index contributed by atoms with van der Waals surface area (Å²) in [7, 11) is 1.66. The molecule has 0 radical (unpaired) electrons. The topological polar surface area (TPSA) is 56.7 Å². The second kappa shape index (κ2) is 6.37. The number of piperidine rings is 1. The van der Waals surface area contributed by atoms with Crippen LogP contribution in [0.1, 0.15) is 12.8 Å². The third-order valence-electron chi connectivity index (χ3n) is 4.65. The molecule has 0 atom stereocenters. The second-order valence-corrected chi connectivity index (χ2v) is 6.06. The SMILES string of the molecule is COc1ccc(-c2nccc(N3CCC4(CC3)OCCO4)n2)cc1. The van der Waals surface area contributed by atoms with Gasteiger partial charge in [-0.1, -0.05) is 0 Å². The number of rotatable bonds is 3. The first-order valence-corrected chi connectivity index (χ1v) is 8.28. The zero-order valence-electron chi connectivity index (χ0n) is 13.8. The second-order valence-electron chi connectivity index (χ2n) is 6.06. The van der Waals surface area contributed by atoms with E-state index in [4.69, 9.17) is 19.2 Å². The fourth-order valence-corrected chi connectivity index (χ4v) is 3.27. The van der Waals surface area contributed by atoms with Gasteiger partial charge < -0.3 is 19.1 Å². The van der Waals surface area contributed by atoms with Crippen LogP contribution in [0, 0.1) is 0 Å². The van der Waals surface area contributed by atoms with Crippen molar-refractivity contribution in [3.8, 4) is 17.1 Å². The highest BCUT2D eigenvalue weighted by Gasteiger charge is 2.40. The number of ether oxygens (including phenoxy) is 3. The lowest BCUT2D eigenvalue weighted by Crippen LogP contribution is -2.45. The van der Waals surface area contributed by atoms with Crippen LogP contribution in [0.25, 0.3) is 11.4 Å². The predicted molar refractivity (Wildman–Crippen MR) is 90.1 cm³/mol. The molecule has 0 bridgehead atoms. The Labute approximate surface area is 141 Å². The molecule has 126 valence electrons. The summed E-state index contributed by atoms with van der Waals surface area (Å²) in [5, 5.41) is 0. The highest BCUT2D eigenvalue weighted by atomic mass is 16.7. The summed E-state index contributed by atoms with van der Waals surface area (Å²) < 4.78 is 16.8. The van der Waals surface area contributed by atoms with Gasteiger partial charge in [-0.05, 0) is 30.3 Å². The molecule has 1 spiro atoms. The molecule has 0 saturated carbocycles. The standard InChI is InChI=1S/C18H21N3O3/c1-22-15-4-2-14(3-5-15)17-19-9-6-16(20-17)21-10-7-18(8-11-21)23-12-13-24-18/h2-6,9H,7-8,10-13H2,1H3. The molecule has 2 saturated heterocycles. The molecule has 0 N–H and O–H groups in total. The van der Waals surface area contributed by atoms with Gasteiger partial charge in [0, 0.05) is 37.7 Å². The monoisotopic (exact) mass is 327 g/mol. The van der Waals surface area contributed by atoms with Crippen LogP contribution in [-0.2, 0) is 9.47 Å². The van der Waals surface area contributed by atoms with Crippen molar-refractivity contribution >= 4 is 5.82 Å². The number of benzene rings is 1. The van der Waals surface area contributed by atoms with E-state index in [1.54, 1.807) is 7.11 Å². The van der Waals surface area contributed by atoms with Crippen molar-refractivity contribution in [1.82, 2.24) is 9.97 Å². The Bertz CT molecular complexity index is 689. The van der Waals surface area contributed by atoms with Crippen LogP contribution in [0.2, 0.25) is 0 Å². The maximum Gasteiger partial charge on any atom is 0.171 e. The highest BCUT2D eigenvalue weighted by Crippen LogP contribution is 2.33. The van der Waals surface area contributed by atoms with Crippen molar-refractivity contribution < 1.29 is 14.2 Å². The van der Waals surface area contributed by atoms with Crippen molar-refractivity contribution in [1.29, 1.82) is 0 Å². The van der Waals surface area contributed by atoms with Crippen LogP contribution in [0.4, 0.5) is 5.82 Å². The third-order valence-corrected chi connectivity index (χ3v) is 4.65. The van der Waals surface area contributed by atoms with Gasteiger partial charge >= 0.3 is 0 Å². The number of nitrogens with zero attached hydrogens (tertiary/aromatic N) is 3. The molecule has 6 nitrogen and oxygen atoms in total. The van der Waals surface area contributed by atoms with Gasteiger partial charge in [-0.2, -0.15) is 0 Å². The summed E-state index contributed by atoms with van der Waals surface area (Å²) in [5.74, 6) is 2.14. The van der Waals surface area contributed by atoms with Crippen LogP contribution >= 0.6 is 0 Å². The van der Waals surface area contributed by atoms with E-state index >= 15 is 0 Å². The van der Waals surface area contributed by atoms with Gasteiger partial charge in [-0.15, -0.1) is 0 Å². The highest BCUT2D eigenvalue weighted by molar-refractivity contribution is 5.58. The average Bonchev–Trinajstić information content (AvgIpc) is 3.10.